The molecule has 0 bridgehead atoms. The summed E-state index contributed by atoms with van der Waals surface area (Å²) < 4.78 is 10.7. The lowest BCUT2D eigenvalue weighted by Gasteiger charge is -2.23. The molecule has 0 amide bonds. The molecule has 2 atom stereocenters. The SMILES string of the molecule is CC(=O)OC(C)(C#CC1(C)CO1)CCc1ccccc1. The van der Waals surface area contributed by atoms with Crippen LogP contribution in [0.25, 0.3) is 0 Å². The van der Waals surface area contributed by atoms with E-state index in [1.54, 1.807) is 0 Å². The highest BCUT2D eigenvalue weighted by atomic mass is 16.6. The third-order valence-corrected chi connectivity index (χ3v) is 3.27. The Morgan fingerprint density at radius 3 is 2.65 bits per heavy atom. The number of benzene rings is 1. The summed E-state index contributed by atoms with van der Waals surface area (Å²) in [5.41, 5.74) is 0.0895. The van der Waals surface area contributed by atoms with Crippen LogP contribution in [0.4, 0.5) is 0 Å². The molecule has 2 rings (SSSR count). The molecule has 0 radical (unpaired) electrons. The van der Waals surface area contributed by atoms with E-state index in [-0.39, 0.29) is 11.6 Å². The van der Waals surface area contributed by atoms with Gasteiger partial charge >= 0.3 is 5.97 Å². The van der Waals surface area contributed by atoms with Crippen molar-refractivity contribution in [3.8, 4) is 11.8 Å². The maximum Gasteiger partial charge on any atom is 0.304 e. The minimum Gasteiger partial charge on any atom is -0.446 e. The van der Waals surface area contributed by atoms with E-state index in [2.05, 4.69) is 24.0 Å². The van der Waals surface area contributed by atoms with Gasteiger partial charge < -0.3 is 9.47 Å². The lowest BCUT2D eigenvalue weighted by atomic mass is 9.96. The minimum atomic E-state index is -0.767. The van der Waals surface area contributed by atoms with Gasteiger partial charge in [-0.25, -0.2) is 0 Å². The summed E-state index contributed by atoms with van der Waals surface area (Å²) in [6.07, 6.45) is 1.48. The molecule has 3 heteroatoms. The van der Waals surface area contributed by atoms with E-state index >= 15 is 0 Å². The Labute approximate surface area is 120 Å². The molecular weight excluding hydrogens is 252 g/mol. The molecule has 1 fully saturated rings. The van der Waals surface area contributed by atoms with Gasteiger partial charge in [-0.05, 0) is 25.8 Å². The predicted octanol–water partition coefficient (Wildman–Crippen LogP) is 2.73. The maximum atomic E-state index is 11.3. The standard InChI is InChI=1S/C17H20O3/c1-14(18)20-16(2,11-12-17(3)13-19-17)10-9-15-7-5-4-6-8-15/h4-8H,9-10,13H2,1-3H3. The van der Waals surface area contributed by atoms with E-state index in [0.29, 0.717) is 13.0 Å². The van der Waals surface area contributed by atoms with Crippen LogP contribution in [0.15, 0.2) is 30.3 Å². The third-order valence-electron chi connectivity index (χ3n) is 3.27. The Kier molecular flexibility index (Phi) is 4.15. The normalized spacial score (nSPS) is 23.1. The van der Waals surface area contributed by atoms with Crippen molar-refractivity contribution in [1.29, 1.82) is 0 Å². The molecule has 0 aromatic heterocycles. The molecule has 0 N–H and O–H groups in total. The van der Waals surface area contributed by atoms with Crippen molar-refractivity contribution in [2.45, 2.75) is 44.8 Å². The second-order valence-electron chi connectivity index (χ2n) is 5.58. The van der Waals surface area contributed by atoms with Crippen LogP contribution >= 0.6 is 0 Å². The molecule has 1 heterocycles. The van der Waals surface area contributed by atoms with Gasteiger partial charge in [-0.3, -0.25) is 4.79 Å². The molecule has 0 spiro atoms. The number of epoxide rings is 1. The van der Waals surface area contributed by atoms with Gasteiger partial charge in [0.15, 0.2) is 5.60 Å². The van der Waals surface area contributed by atoms with Crippen molar-refractivity contribution in [1.82, 2.24) is 0 Å². The van der Waals surface area contributed by atoms with Crippen molar-refractivity contribution in [3.63, 3.8) is 0 Å². The predicted molar refractivity (Wildman–Crippen MR) is 77.1 cm³/mol. The van der Waals surface area contributed by atoms with Gasteiger partial charge in [-0.1, -0.05) is 42.2 Å². The van der Waals surface area contributed by atoms with Crippen molar-refractivity contribution < 1.29 is 14.3 Å². The zero-order valence-electron chi connectivity index (χ0n) is 12.2. The van der Waals surface area contributed by atoms with Gasteiger partial charge in [0.1, 0.15) is 5.60 Å². The highest BCUT2D eigenvalue weighted by Gasteiger charge is 2.38. The zero-order chi connectivity index (χ0) is 14.6. The summed E-state index contributed by atoms with van der Waals surface area (Å²) in [4.78, 5) is 11.3. The van der Waals surface area contributed by atoms with E-state index in [9.17, 15) is 4.79 Å². The second-order valence-corrected chi connectivity index (χ2v) is 5.58. The fraction of sp³-hybridized carbons (Fsp3) is 0.471. The Hall–Kier alpha value is -1.79. The number of carbonyl (C=O) groups excluding carboxylic acids is 1. The maximum absolute atomic E-state index is 11.3. The van der Waals surface area contributed by atoms with E-state index in [1.807, 2.05) is 32.0 Å². The van der Waals surface area contributed by atoms with Crippen molar-refractivity contribution in [2.75, 3.05) is 6.61 Å². The van der Waals surface area contributed by atoms with Crippen LogP contribution in [-0.4, -0.2) is 23.8 Å². The molecule has 0 aliphatic carbocycles. The summed E-state index contributed by atoms with van der Waals surface area (Å²) in [6.45, 7) is 5.86. The Morgan fingerprint density at radius 1 is 1.45 bits per heavy atom. The fourth-order valence-corrected chi connectivity index (χ4v) is 1.93. The van der Waals surface area contributed by atoms with Crippen LogP contribution < -0.4 is 0 Å². The number of esters is 1. The first kappa shape index (κ1) is 14.6. The Bertz CT molecular complexity index is 534. The molecule has 106 valence electrons. The molecule has 1 aliphatic heterocycles. The molecule has 1 aromatic rings. The molecule has 1 aliphatic rings. The summed E-state index contributed by atoms with van der Waals surface area (Å²) in [6, 6.07) is 10.1. The topological polar surface area (TPSA) is 38.8 Å². The van der Waals surface area contributed by atoms with E-state index in [4.69, 9.17) is 9.47 Å². The average molecular weight is 272 g/mol. The van der Waals surface area contributed by atoms with E-state index in [0.717, 1.165) is 6.42 Å². The molecule has 20 heavy (non-hydrogen) atoms. The summed E-state index contributed by atoms with van der Waals surface area (Å²) in [5, 5.41) is 0. The van der Waals surface area contributed by atoms with Gasteiger partial charge in [0.25, 0.3) is 0 Å². The molecule has 0 saturated carbocycles. The lowest BCUT2D eigenvalue weighted by molar-refractivity contribution is -0.150. The van der Waals surface area contributed by atoms with Gasteiger partial charge in [-0.15, -0.1) is 0 Å². The molecular formula is C17H20O3. The summed E-state index contributed by atoms with van der Waals surface area (Å²) in [5.74, 6) is 5.84. The van der Waals surface area contributed by atoms with Gasteiger partial charge in [0.2, 0.25) is 0 Å². The number of rotatable bonds is 4. The third kappa shape index (κ3) is 4.40. The highest BCUT2D eigenvalue weighted by Crippen LogP contribution is 2.26. The first-order chi connectivity index (χ1) is 9.41. The van der Waals surface area contributed by atoms with Crippen LogP contribution in [0.2, 0.25) is 0 Å². The second kappa shape index (κ2) is 5.68. The first-order valence-electron chi connectivity index (χ1n) is 6.83. The molecule has 1 aromatic carbocycles. The largest absolute Gasteiger partial charge is 0.446 e. The van der Waals surface area contributed by atoms with Crippen LogP contribution in [0.5, 0.6) is 0 Å². The van der Waals surface area contributed by atoms with E-state index in [1.165, 1.54) is 12.5 Å². The Balaban J connectivity index is 2.05. The van der Waals surface area contributed by atoms with Gasteiger partial charge in [0, 0.05) is 13.3 Å². The monoisotopic (exact) mass is 272 g/mol. The average Bonchev–Trinajstić information content (AvgIpc) is 3.14. The van der Waals surface area contributed by atoms with Gasteiger partial charge in [0.05, 0.1) is 6.61 Å². The van der Waals surface area contributed by atoms with Crippen LogP contribution in [0.1, 0.15) is 32.8 Å². The van der Waals surface area contributed by atoms with E-state index < -0.39 is 5.60 Å². The zero-order valence-corrected chi connectivity index (χ0v) is 12.2. The summed E-state index contributed by atoms with van der Waals surface area (Å²) in [7, 11) is 0. The number of ether oxygens (including phenoxy) is 2. The number of aryl methyl sites for hydroxylation is 1. The summed E-state index contributed by atoms with van der Waals surface area (Å²) >= 11 is 0. The van der Waals surface area contributed by atoms with Gasteiger partial charge in [-0.2, -0.15) is 0 Å². The molecule has 3 nitrogen and oxygen atoms in total. The highest BCUT2D eigenvalue weighted by molar-refractivity contribution is 5.67. The van der Waals surface area contributed by atoms with Crippen LogP contribution in [-0.2, 0) is 20.7 Å². The molecule has 1 saturated heterocycles. The number of carbonyl (C=O) groups is 1. The lowest BCUT2D eigenvalue weighted by Crippen LogP contribution is -2.30. The Morgan fingerprint density at radius 2 is 2.10 bits per heavy atom. The van der Waals surface area contributed by atoms with Crippen LogP contribution in [0, 0.1) is 11.8 Å². The fourth-order valence-electron chi connectivity index (χ4n) is 1.93. The first-order valence-corrected chi connectivity index (χ1v) is 6.83. The number of hydrogen-bond acceptors (Lipinski definition) is 3. The van der Waals surface area contributed by atoms with Crippen molar-refractivity contribution >= 4 is 5.97 Å². The number of hydrogen-bond donors (Lipinski definition) is 0. The van der Waals surface area contributed by atoms with Crippen molar-refractivity contribution in [3.05, 3.63) is 35.9 Å². The van der Waals surface area contributed by atoms with Crippen LogP contribution in [0.3, 0.4) is 0 Å². The minimum absolute atomic E-state index is 0.309. The smallest absolute Gasteiger partial charge is 0.304 e. The van der Waals surface area contributed by atoms with Crippen molar-refractivity contribution in [2.24, 2.45) is 0 Å². The quantitative estimate of drug-likeness (QED) is 0.480. The molecule has 2 unspecified atom stereocenters.